The number of carbonyl (C=O) groups is 2. The van der Waals surface area contributed by atoms with E-state index in [9.17, 15) is 31.1 Å². The molecule has 4 rings (SSSR count). The van der Waals surface area contributed by atoms with Crippen LogP contribution in [0.4, 0.5) is 38.0 Å². The second kappa shape index (κ2) is 10.4. The topological polar surface area (TPSA) is 144 Å². The zero-order valence-electron chi connectivity index (χ0n) is 18.5. The molecular weight excluding hydrogens is 502 g/mol. The number of nitrogens with zero attached hydrogens (tertiary/aromatic N) is 6. The largest absolute Gasteiger partial charge is 0.490 e. The summed E-state index contributed by atoms with van der Waals surface area (Å²) in [6.45, 7) is 0.498. The first kappa shape index (κ1) is 26.7. The third-order valence-corrected chi connectivity index (χ3v) is 4.89. The standard InChI is InChI=1S/C17H19F3N8O.C2HF3O2/c1-26-8-12(14(24-26)15(19)20)23-16(29)13-3-2-11-5-22-17(25-28(11)13)27-6-9(18)4-10(21)7-27;3-2(4,5)1(6)7/h2-3,5,8-10,15H,4,6-7,21H2,1H3,(H,23,29);(H,6,7)/t9-,10+;/m0./s1. The fourth-order valence-electron chi connectivity index (χ4n) is 3.40. The Morgan fingerprint density at radius 3 is 2.47 bits per heavy atom. The Balaban J connectivity index is 0.000000454. The Morgan fingerprint density at radius 1 is 1.22 bits per heavy atom. The van der Waals surface area contributed by atoms with Gasteiger partial charge in [0.2, 0.25) is 5.95 Å². The van der Waals surface area contributed by atoms with E-state index in [4.69, 9.17) is 15.6 Å². The second-order valence-electron chi connectivity index (χ2n) is 7.77. The quantitative estimate of drug-likeness (QED) is 0.443. The Morgan fingerprint density at radius 2 is 1.89 bits per heavy atom. The van der Waals surface area contributed by atoms with Crippen LogP contribution in [0, 0.1) is 0 Å². The third kappa shape index (κ3) is 6.21. The molecule has 3 aromatic heterocycles. The van der Waals surface area contributed by atoms with Gasteiger partial charge in [-0.05, 0) is 18.6 Å². The maximum Gasteiger partial charge on any atom is 0.490 e. The van der Waals surface area contributed by atoms with Crippen LogP contribution in [0.15, 0.2) is 24.5 Å². The summed E-state index contributed by atoms with van der Waals surface area (Å²) < 4.78 is 74.3. The smallest absolute Gasteiger partial charge is 0.475 e. The molecule has 36 heavy (non-hydrogen) atoms. The van der Waals surface area contributed by atoms with Gasteiger partial charge in [-0.15, -0.1) is 5.10 Å². The third-order valence-electron chi connectivity index (χ3n) is 4.89. The zero-order chi connectivity index (χ0) is 26.8. The average Bonchev–Trinajstić information content (AvgIpc) is 3.35. The van der Waals surface area contributed by atoms with Gasteiger partial charge in [-0.1, -0.05) is 0 Å². The number of halogens is 6. The van der Waals surface area contributed by atoms with Crippen LogP contribution in [0.5, 0.6) is 0 Å². The maximum atomic E-state index is 13.9. The van der Waals surface area contributed by atoms with E-state index >= 15 is 0 Å². The summed E-state index contributed by atoms with van der Waals surface area (Å²) in [7, 11) is 1.48. The van der Waals surface area contributed by atoms with Gasteiger partial charge in [0.05, 0.1) is 23.9 Å². The van der Waals surface area contributed by atoms with Crippen LogP contribution in [0.1, 0.15) is 29.0 Å². The molecule has 1 aliphatic rings. The first-order valence-corrected chi connectivity index (χ1v) is 10.2. The number of carboxylic acids is 1. The number of hydrogen-bond donors (Lipinski definition) is 3. The fraction of sp³-hybridized carbons (Fsp3) is 0.421. The number of rotatable bonds is 4. The van der Waals surface area contributed by atoms with Crippen molar-refractivity contribution < 1.29 is 41.0 Å². The predicted octanol–water partition coefficient (Wildman–Crippen LogP) is 2.16. The SMILES string of the molecule is Cn1cc(NC(=O)c2ccc3cnc(N4C[C@H](N)C[C@H](F)C4)nn23)c(C(F)F)n1.O=C(O)C(F)(F)F. The minimum atomic E-state index is -5.08. The molecule has 0 unspecified atom stereocenters. The number of carbonyl (C=O) groups excluding carboxylic acids is 1. The number of alkyl halides is 6. The van der Waals surface area contributed by atoms with Gasteiger partial charge in [0.1, 0.15) is 11.9 Å². The molecule has 196 valence electrons. The average molecular weight is 522 g/mol. The highest BCUT2D eigenvalue weighted by Crippen LogP contribution is 2.26. The summed E-state index contributed by atoms with van der Waals surface area (Å²) in [5, 5.41) is 17.6. The van der Waals surface area contributed by atoms with Crippen LogP contribution in [0.2, 0.25) is 0 Å². The first-order chi connectivity index (χ1) is 16.8. The summed E-state index contributed by atoms with van der Waals surface area (Å²) in [6, 6.07) is 2.78. The van der Waals surface area contributed by atoms with Gasteiger partial charge < -0.3 is 21.1 Å². The number of piperidine rings is 1. The molecule has 3 aromatic rings. The van der Waals surface area contributed by atoms with Gasteiger partial charge >= 0.3 is 12.1 Å². The highest BCUT2D eigenvalue weighted by atomic mass is 19.4. The number of aliphatic carboxylic acids is 1. The number of hydrogen-bond acceptors (Lipinski definition) is 7. The molecule has 1 fully saturated rings. The van der Waals surface area contributed by atoms with Crippen molar-refractivity contribution in [1.29, 1.82) is 0 Å². The number of anilines is 2. The van der Waals surface area contributed by atoms with E-state index in [0.717, 1.165) is 0 Å². The van der Waals surface area contributed by atoms with Crippen LogP contribution in [0.25, 0.3) is 5.52 Å². The summed E-state index contributed by atoms with van der Waals surface area (Å²) in [4.78, 5) is 27.4. The molecule has 2 atom stereocenters. The van der Waals surface area contributed by atoms with Crippen molar-refractivity contribution in [2.75, 3.05) is 23.3 Å². The van der Waals surface area contributed by atoms with E-state index in [1.807, 2.05) is 0 Å². The van der Waals surface area contributed by atoms with Crippen molar-refractivity contribution in [3.8, 4) is 0 Å². The normalized spacial score (nSPS) is 18.2. The molecule has 11 nitrogen and oxygen atoms in total. The van der Waals surface area contributed by atoms with Crippen molar-refractivity contribution in [3.05, 3.63) is 35.9 Å². The zero-order valence-corrected chi connectivity index (χ0v) is 18.5. The molecule has 0 saturated carbocycles. The van der Waals surface area contributed by atoms with E-state index in [1.165, 1.54) is 34.7 Å². The minimum absolute atomic E-state index is 0.0843. The maximum absolute atomic E-state index is 13.9. The van der Waals surface area contributed by atoms with Gasteiger partial charge in [0, 0.05) is 25.8 Å². The van der Waals surface area contributed by atoms with Gasteiger partial charge in [-0.25, -0.2) is 27.5 Å². The van der Waals surface area contributed by atoms with E-state index in [2.05, 4.69) is 20.5 Å². The lowest BCUT2D eigenvalue weighted by molar-refractivity contribution is -0.192. The van der Waals surface area contributed by atoms with E-state index in [1.54, 1.807) is 11.0 Å². The molecule has 17 heteroatoms. The molecular formula is C19H20F6N8O3. The lowest BCUT2D eigenvalue weighted by Gasteiger charge is -2.32. The highest BCUT2D eigenvalue weighted by molar-refractivity contribution is 6.04. The first-order valence-electron chi connectivity index (χ1n) is 10.2. The molecule has 0 spiro atoms. The van der Waals surface area contributed by atoms with Gasteiger partial charge in [-0.2, -0.15) is 18.3 Å². The molecule has 1 aliphatic heterocycles. The summed E-state index contributed by atoms with van der Waals surface area (Å²) in [5.74, 6) is -3.16. The van der Waals surface area contributed by atoms with E-state index < -0.39 is 36.3 Å². The van der Waals surface area contributed by atoms with Crippen LogP contribution in [-0.4, -0.2) is 72.8 Å². The number of nitrogens with two attached hydrogens (primary N) is 1. The Kier molecular flexibility index (Phi) is 7.71. The van der Waals surface area contributed by atoms with Crippen LogP contribution in [-0.2, 0) is 11.8 Å². The Bertz CT molecular complexity index is 1230. The molecule has 4 heterocycles. The molecule has 4 N–H and O–H groups in total. The molecule has 0 aliphatic carbocycles. The molecule has 1 amide bonds. The van der Waals surface area contributed by atoms with E-state index in [0.29, 0.717) is 12.1 Å². The van der Waals surface area contributed by atoms with Crippen molar-refractivity contribution in [2.45, 2.75) is 31.2 Å². The molecule has 0 bridgehead atoms. The monoisotopic (exact) mass is 522 g/mol. The second-order valence-corrected chi connectivity index (χ2v) is 7.77. The van der Waals surface area contributed by atoms with Crippen molar-refractivity contribution >= 4 is 29.0 Å². The number of aryl methyl sites for hydroxylation is 1. The number of aromatic nitrogens is 5. The lowest BCUT2D eigenvalue weighted by atomic mass is 10.1. The number of nitrogens with one attached hydrogen (secondary N) is 1. The predicted molar refractivity (Wildman–Crippen MR) is 112 cm³/mol. The van der Waals surface area contributed by atoms with E-state index in [-0.39, 0.29) is 36.3 Å². The van der Waals surface area contributed by atoms with Gasteiger partial charge in [-0.3, -0.25) is 9.48 Å². The van der Waals surface area contributed by atoms with Gasteiger partial charge in [0.15, 0.2) is 5.69 Å². The Hall–Kier alpha value is -3.89. The number of fused-ring (bicyclic) bond motifs is 1. The molecule has 1 saturated heterocycles. The minimum Gasteiger partial charge on any atom is -0.475 e. The lowest BCUT2D eigenvalue weighted by Crippen LogP contribution is -2.48. The number of amides is 1. The molecule has 0 radical (unpaired) electrons. The number of carboxylic acid groups (broad SMARTS) is 1. The molecule has 0 aromatic carbocycles. The van der Waals surface area contributed by atoms with Crippen LogP contribution >= 0.6 is 0 Å². The van der Waals surface area contributed by atoms with Crippen molar-refractivity contribution in [2.24, 2.45) is 12.8 Å². The van der Waals surface area contributed by atoms with Crippen LogP contribution in [0.3, 0.4) is 0 Å². The summed E-state index contributed by atoms with van der Waals surface area (Å²) >= 11 is 0. The Labute approximate surface area is 198 Å². The van der Waals surface area contributed by atoms with Crippen molar-refractivity contribution in [1.82, 2.24) is 24.4 Å². The fourth-order valence-corrected chi connectivity index (χ4v) is 3.40. The van der Waals surface area contributed by atoms with Crippen molar-refractivity contribution in [3.63, 3.8) is 0 Å². The summed E-state index contributed by atoms with van der Waals surface area (Å²) in [5.41, 5.74) is 5.91. The van der Waals surface area contributed by atoms with Gasteiger partial charge in [0.25, 0.3) is 12.3 Å². The van der Waals surface area contributed by atoms with Crippen LogP contribution < -0.4 is 16.0 Å². The highest BCUT2D eigenvalue weighted by Gasteiger charge is 2.38. The summed E-state index contributed by atoms with van der Waals surface area (Å²) in [6.07, 6.45) is -5.94.